The Morgan fingerprint density at radius 3 is 2.77 bits per heavy atom. The van der Waals surface area contributed by atoms with E-state index in [1.165, 1.54) is 48.8 Å². The third kappa shape index (κ3) is 3.27. The van der Waals surface area contributed by atoms with Crippen molar-refractivity contribution in [2.45, 2.75) is 23.5 Å². The molecule has 0 radical (unpaired) electrons. The van der Waals surface area contributed by atoms with Crippen LogP contribution in [0, 0.1) is 6.92 Å². The third-order valence-corrected chi connectivity index (χ3v) is 6.82. The molecule has 1 amide bonds. The molecule has 1 aromatic carbocycles. The topological polar surface area (TPSA) is 101 Å². The third-order valence-electron chi connectivity index (χ3n) is 4.04. The normalized spacial score (nSPS) is 13.7. The predicted octanol–water partition coefficient (Wildman–Crippen LogP) is 1.16. The summed E-state index contributed by atoms with van der Waals surface area (Å²) in [6, 6.07) is 4.47. The highest BCUT2D eigenvalue weighted by Crippen LogP contribution is 2.23. The Balaban J connectivity index is 1.95. The predicted molar refractivity (Wildman–Crippen MR) is 99.2 cm³/mol. The van der Waals surface area contributed by atoms with Gasteiger partial charge in [0.1, 0.15) is 5.56 Å². The fourth-order valence-electron chi connectivity index (χ4n) is 2.47. The molecule has 1 aliphatic heterocycles. The van der Waals surface area contributed by atoms with Crippen LogP contribution in [0.2, 0.25) is 0 Å². The van der Waals surface area contributed by atoms with Crippen molar-refractivity contribution >= 4 is 33.4 Å². The van der Waals surface area contributed by atoms with Gasteiger partial charge in [0.05, 0.1) is 4.90 Å². The van der Waals surface area contributed by atoms with Crippen LogP contribution in [-0.2, 0) is 16.6 Å². The van der Waals surface area contributed by atoms with Gasteiger partial charge in [-0.3, -0.25) is 14.2 Å². The second-order valence-electron chi connectivity index (χ2n) is 5.98. The summed E-state index contributed by atoms with van der Waals surface area (Å²) in [6.45, 7) is 2.26. The second kappa shape index (κ2) is 6.86. The zero-order valence-electron chi connectivity index (χ0n) is 14.5. The monoisotopic (exact) mass is 394 g/mol. The zero-order valence-corrected chi connectivity index (χ0v) is 16.1. The lowest BCUT2D eigenvalue weighted by Gasteiger charge is -2.14. The molecule has 26 heavy (non-hydrogen) atoms. The summed E-state index contributed by atoms with van der Waals surface area (Å²) in [6.07, 6.45) is 1.26. The number of hydrogen-bond donors (Lipinski definition) is 1. The minimum Gasteiger partial charge on any atom is -0.321 e. The number of anilines is 1. The van der Waals surface area contributed by atoms with Crippen LogP contribution in [0.25, 0.3) is 0 Å². The van der Waals surface area contributed by atoms with E-state index in [9.17, 15) is 18.0 Å². The molecule has 0 fully saturated rings. The molecule has 0 atom stereocenters. The zero-order chi connectivity index (χ0) is 19.1. The van der Waals surface area contributed by atoms with Crippen molar-refractivity contribution in [3.05, 3.63) is 45.9 Å². The molecular weight excluding hydrogens is 376 g/mol. The van der Waals surface area contributed by atoms with Gasteiger partial charge in [-0.1, -0.05) is 17.8 Å². The maximum absolute atomic E-state index is 12.6. The maximum Gasteiger partial charge on any atom is 0.267 e. The van der Waals surface area contributed by atoms with E-state index >= 15 is 0 Å². The van der Waals surface area contributed by atoms with Gasteiger partial charge in [0.25, 0.3) is 11.5 Å². The molecule has 1 aromatic heterocycles. The van der Waals surface area contributed by atoms with E-state index in [-0.39, 0.29) is 10.5 Å². The van der Waals surface area contributed by atoms with Crippen molar-refractivity contribution in [3.8, 4) is 0 Å². The molecule has 0 aliphatic carbocycles. The molecule has 0 saturated heterocycles. The molecule has 2 heterocycles. The molecule has 10 heteroatoms. The quantitative estimate of drug-likeness (QED) is 0.781. The minimum atomic E-state index is -3.63. The van der Waals surface area contributed by atoms with Gasteiger partial charge >= 0.3 is 0 Å². The lowest BCUT2D eigenvalue weighted by atomic mass is 10.2. The molecule has 0 bridgehead atoms. The summed E-state index contributed by atoms with van der Waals surface area (Å²) in [5, 5.41) is 3.23. The van der Waals surface area contributed by atoms with Crippen molar-refractivity contribution in [3.63, 3.8) is 0 Å². The van der Waals surface area contributed by atoms with Crippen LogP contribution in [0.5, 0.6) is 0 Å². The minimum absolute atomic E-state index is 0.0589. The number of amides is 1. The van der Waals surface area contributed by atoms with E-state index in [1.54, 1.807) is 13.0 Å². The highest BCUT2D eigenvalue weighted by molar-refractivity contribution is 7.99. The number of rotatable bonds is 4. The first-order valence-electron chi connectivity index (χ1n) is 7.79. The summed E-state index contributed by atoms with van der Waals surface area (Å²) >= 11 is 1.47. The van der Waals surface area contributed by atoms with Crippen LogP contribution in [0.4, 0.5) is 5.69 Å². The van der Waals surface area contributed by atoms with Crippen LogP contribution >= 0.6 is 11.8 Å². The maximum atomic E-state index is 12.6. The molecule has 1 aliphatic rings. The molecule has 2 aromatic rings. The highest BCUT2D eigenvalue weighted by atomic mass is 32.2. The van der Waals surface area contributed by atoms with Crippen LogP contribution < -0.4 is 10.9 Å². The number of sulfonamides is 1. The van der Waals surface area contributed by atoms with Crippen molar-refractivity contribution in [2.75, 3.05) is 25.2 Å². The molecule has 138 valence electrons. The number of hydrogen-bond acceptors (Lipinski definition) is 6. The molecule has 0 unspecified atom stereocenters. The average molecular weight is 394 g/mol. The molecule has 0 spiro atoms. The number of aryl methyl sites for hydroxylation is 1. The second-order valence-corrected chi connectivity index (χ2v) is 9.19. The highest BCUT2D eigenvalue weighted by Gasteiger charge is 2.22. The number of nitrogens with one attached hydrogen (secondary N) is 1. The first kappa shape index (κ1) is 18.6. The van der Waals surface area contributed by atoms with E-state index < -0.39 is 21.5 Å². The number of carbonyl (C=O) groups is 1. The Morgan fingerprint density at radius 2 is 2.08 bits per heavy atom. The Hall–Kier alpha value is -2.17. The van der Waals surface area contributed by atoms with Gasteiger partial charge in [-0.2, -0.15) is 0 Å². The lowest BCUT2D eigenvalue weighted by Crippen LogP contribution is -2.29. The number of carbonyl (C=O) groups excluding carboxylic acids is 1. The largest absolute Gasteiger partial charge is 0.321 e. The van der Waals surface area contributed by atoms with Gasteiger partial charge in [-0.25, -0.2) is 17.7 Å². The number of thioether (sulfide) groups is 1. The van der Waals surface area contributed by atoms with Crippen LogP contribution in [0.15, 0.2) is 39.2 Å². The molecule has 1 N–H and O–H groups in total. The van der Waals surface area contributed by atoms with Crippen molar-refractivity contribution in [2.24, 2.45) is 0 Å². The standard InChI is InChI=1S/C16H18N4O4S2/c1-10-4-5-11(26(23,24)19(2)3)8-13(10)18-14(21)12-9-17-16-20(15(12)22)6-7-25-16/h4-5,8-9H,6-7H2,1-3H3,(H,18,21). The lowest BCUT2D eigenvalue weighted by molar-refractivity contribution is 0.102. The summed E-state index contributed by atoms with van der Waals surface area (Å²) in [5.74, 6) is 0.133. The van der Waals surface area contributed by atoms with Crippen LogP contribution in [0.1, 0.15) is 15.9 Å². The van der Waals surface area contributed by atoms with Gasteiger partial charge in [0, 0.05) is 38.3 Å². The number of benzene rings is 1. The average Bonchev–Trinajstić information content (AvgIpc) is 3.06. The Bertz CT molecular complexity index is 1040. The number of fused-ring (bicyclic) bond motifs is 1. The molecule has 3 rings (SSSR count). The number of aromatic nitrogens is 2. The van der Waals surface area contributed by atoms with Gasteiger partial charge in [-0.15, -0.1) is 0 Å². The summed E-state index contributed by atoms with van der Waals surface area (Å²) in [5.41, 5.74) is 0.543. The Labute approximate surface area is 155 Å². The summed E-state index contributed by atoms with van der Waals surface area (Å²) < 4.78 is 27.1. The van der Waals surface area contributed by atoms with E-state index in [1.807, 2.05) is 0 Å². The van der Waals surface area contributed by atoms with Crippen molar-refractivity contribution in [1.82, 2.24) is 13.9 Å². The first-order valence-corrected chi connectivity index (χ1v) is 10.2. The smallest absolute Gasteiger partial charge is 0.267 e. The molecular formula is C16H18N4O4S2. The summed E-state index contributed by atoms with van der Waals surface area (Å²) in [4.78, 5) is 29.2. The SMILES string of the molecule is Cc1ccc(S(=O)(=O)N(C)C)cc1NC(=O)c1cnc2n(c1=O)CCS2. The van der Waals surface area contributed by atoms with E-state index in [0.29, 0.717) is 23.0 Å². The van der Waals surface area contributed by atoms with Crippen LogP contribution in [-0.4, -0.2) is 48.0 Å². The van der Waals surface area contributed by atoms with Gasteiger partial charge in [-0.05, 0) is 24.6 Å². The fraction of sp³-hybridized carbons (Fsp3) is 0.312. The van der Waals surface area contributed by atoms with Gasteiger partial charge in [0.15, 0.2) is 5.16 Å². The number of nitrogens with zero attached hydrogens (tertiary/aromatic N) is 3. The van der Waals surface area contributed by atoms with Crippen molar-refractivity contribution < 1.29 is 13.2 Å². The fourth-order valence-corrected chi connectivity index (χ4v) is 4.31. The van der Waals surface area contributed by atoms with Crippen molar-refractivity contribution in [1.29, 1.82) is 0 Å². The van der Waals surface area contributed by atoms with E-state index in [4.69, 9.17) is 0 Å². The Morgan fingerprint density at radius 1 is 1.35 bits per heavy atom. The van der Waals surface area contributed by atoms with Gasteiger partial charge < -0.3 is 5.32 Å². The van der Waals surface area contributed by atoms with E-state index in [2.05, 4.69) is 10.3 Å². The molecule has 8 nitrogen and oxygen atoms in total. The molecule has 0 saturated carbocycles. The summed E-state index contributed by atoms with van der Waals surface area (Å²) in [7, 11) is -0.765. The first-order chi connectivity index (χ1) is 12.2. The van der Waals surface area contributed by atoms with E-state index in [0.717, 1.165) is 10.1 Å². The van der Waals surface area contributed by atoms with Crippen LogP contribution in [0.3, 0.4) is 0 Å². The van der Waals surface area contributed by atoms with Gasteiger partial charge in [0.2, 0.25) is 10.0 Å². The Kier molecular flexibility index (Phi) is 4.91.